The van der Waals surface area contributed by atoms with Crippen LogP contribution in [0.3, 0.4) is 0 Å². The quantitative estimate of drug-likeness (QED) is 0.303. The first-order chi connectivity index (χ1) is 25.5. The summed E-state index contributed by atoms with van der Waals surface area (Å²) in [5, 5.41) is 14.1. The van der Waals surface area contributed by atoms with Crippen molar-refractivity contribution in [1.29, 1.82) is 5.26 Å². The van der Waals surface area contributed by atoms with Gasteiger partial charge in [-0.2, -0.15) is 9.57 Å². The van der Waals surface area contributed by atoms with Gasteiger partial charge in [0.05, 0.1) is 32.1 Å². The van der Waals surface area contributed by atoms with Crippen molar-refractivity contribution in [2.45, 2.75) is 43.2 Å². The number of amides is 2. The number of methoxy groups -OCH3 is 2. The lowest BCUT2D eigenvalue weighted by atomic mass is 9.82. The van der Waals surface area contributed by atoms with Crippen LogP contribution >= 0.6 is 0 Å². The topological polar surface area (TPSA) is 154 Å². The smallest absolute Gasteiger partial charge is 0.427 e. The lowest BCUT2D eigenvalue weighted by Gasteiger charge is -2.42. The number of nitrogens with zero attached hydrogens (tertiary/aromatic N) is 5. The Labute approximate surface area is 308 Å². The number of rotatable bonds is 11. The van der Waals surface area contributed by atoms with Crippen LogP contribution < -0.4 is 23.8 Å². The number of fused-ring (bicyclic) bond motifs is 1. The zero-order valence-electron chi connectivity index (χ0n) is 30.1. The summed E-state index contributed by atoms with van der Waals surface area (Å²) in [6.45, 7) is 9.86. The molecular formula is C37H43FN6O8S. The number of carbonyl (C=O) groups is 2. The Hall–Kier alpha value is -4.95. The predicted molar refractivity (Wildman–Crippen MR) is 192 cm³/mol. The number of piperidine rings is 1. The second-order valence-corrected chi connectivity index (χ2v) is 14.6. The standard InChI is InChI=1S/C37H43FN6O8S/c1-5-41-17-19-42(20-18-41)26-13-15-43(16-14-26)52-36(46)40-37(28-9-7-8-10-32(28)51-6-2)29-21-25(24-39)30(38)23-31(29)44(35(37)45)53(47,48)34-12-11-27(49-3)22-33(34)50-4/h7-12,21-23,26H,5-6,13-20H2,1-4H3,(H,40,46). The van der Waals surface area contributed by atoms with Crippen LogP contribution in [0.1, 0.15) is 43.4 Å². The summed E-state index contributed by atoms with van der Waals surface area (Å²) in [7, 11) is -2.25. The third-order valence-corrected chi connectivity index (χ3v) is 11.8. The number of nitrogens with one attached hydrogen (secondary N) is 1. The number of likely N-dealkylation sites (N-methyl/N-ethyl adjacent to an activating group) is 1. The summed E-state index contributed by atoms with van der Waals surface area (Å²) in [6, 6.07) is 14.1. The van der Waals surface area contributed by atoms with Crippen molar-refractivity contribution >= 4 is 27.7 Å². The van der Waals surface area contributed by atoms with Gasteiger partial charge in [-0.15, -0.1) is 5.06 Å². The lowest BCUT2D eigenvalue weighted by molar-refractivity contribution is -0.130. The van der Waals surface area contributed by atoms with Gasteiger partial charge in [-0.3, -0.25) is 15.0 Å². The second kappa shape index (κ2) is 15.6. The van der Waals surface area contributed by atoms with Gasteiger partial charge in [0.25, 0.3) is 15.9 Å². The molecule has 282 valence electrons. The van der Waals surface area contributed by atoms with Gasteiger partial charge < -0.3 is 23.9 Å². The highest BCUT2D eigenvalue weighted by molar-refractivity contribution is 7.93. The molecule has 16 heteroatoms. The van der Waals surface area contributed by atoms with Gasteiger partial charge in [0.15, 0.2) is 5.54 Å². The van der Waals surface area contributed by atoms with Crippen molar-refractivity contribution in [2.24, 2.45) is 0 Å². The van der Waals surface area contributed by atoms with Crippen LogP contribution in [0.2, 0.25) is 0 Å². The molecule has 3 aliphatic rings. The van der Waals surface area contributed by atoms with Gasteiger partial charge in [-0.05, 0) is 50.6 Å². The molecule has 2 fully saturated rings. The number of ether oxygens (including phenoxy) is 3. The zero-order chi connectivity index (χ0) is 37.9. The molecule has 3 aliphatic heterocycles. The highest BCUT2D eigenvalue weighted by atomic mass is 32.2. The van der Waals surface area contributed by atoms with E-state index in [2.05, 4.69) is 22.0 Å². The van der Waals surface area contributed by atoms with E-state index in [1.165, 1.54) is 43.5 Å². The molecule has 0 saturated carbocycles. The molecule has 3 aromatic carbocycles. The minimum Gasteiger partial charge on any atom is -0.497 e. The fourth-order valence-electron chi connectivity index (χ4n) is 7.36. The van der Waals surface area contributed by atoms with Gasteiger partial charge in [0.1, 0.15) is 34.0 Å². The number of nitriles is 1. The van der Waals surface area contributed by atoms with Crippen molar-refractivity contribution in [3.8, 4) is 23.3 Å². The maximum Gasteiger partial charge on any atom is 0.427 e. The first-order valence-electron chi connectivity index (χ1n) is 17.5. The highest BCUT2D eigenvalue weighted by Crippen LogP contribution is 2.50. The number of carbonyl (C=O) groups excluding carboxylic acids is 2. The zero-order valence-corrected chi connectivity index (χ0v) is 30.9. The number of hydrogen-bond donors (Lipinski definition) is 1. The van der Waals surface area contributed by atoms with Crippen molar-refractivity contribution in [2.75, 3.05) is 70.9 Å². The summed E-state index contributed by atoms with van der Waals surface area (Å²) in [5.74, 6) is -1.98. The number of benzene rings is 3. The molecule has 1 unspecified atom stereocenters. The normalized spacial score (nSPS) is 20.1. The van der Waals surface area contributed by atoms with Crippen LogP contribution in [-0.4, -0.2) is 108 Å². The van der Waals surface area contributed by atoms with Crippen molar-refractivity contribution in [3.05, 3.63) is 77.1 Å². The van der Waals surface area contributed by atoms with Crippen LogP contribution in [0.5, 0.6) is 17.2 Å². The number of hydrogen-bond acceptors (Lipinski definition) is 12. The van der Waals surface area contributed by atoms with E-state index < -0.39 is 49.5 Å². The number of halogens is 1. The molecule has 3 heterocycles. The molecule has 14 nitrogen and oxygen atoms in total. The Kier molecular flexibility index (Phi) is 11.1. The molecule has 1 atom stereocenters. The van der Waals surface area contributed by atoms with E-state index in [4.69, 9.17) is 19.0 Å². The van der Waals surface area contributed by atoms with E-state index in [1.807, 2.05) is 0 Å². The molecule has 6 rings (SSSR count). The summed E-state index contributed by atoms with van der Waals surface area (Å²) < 4.78 is 61.6. The summed E-state index contributed by atoms with van der Waals surface area (Å²) in [5.41, 5.74) is -3.38. The second-order valence-electron chi connectivity index (χ2n) is 12.9. The van der Waals surface area contributed by atoms with E-state index in [-0.39, 0.29) is 35.0 Å². The Morgan fingerprint density at radius 3 is 2.32 bits per heavy atom. The molecule has 0 aromatic heterocycles. The first kappa shape index (κ1) is 37.8. The SMILES string of the molecule is CCOc1ccccc1C1(NC(=O)ON2CCC(N3CCN(CC)CC3)CC2)C(=O)N(S(=O)(=O)c2ccc(OC)cc2OC)c2cc(F)c(C#N)cc21. The van der Waals surface area contributed by atoms with Crippen LogP contribution in [0.15, 0.2) is 59.5 Å². The maximum absolute atomic E-state index is 15.5. The van der Waals surface area contributed by atoms with Gasteiger partial charge in [0.2, 0.25) is 0 Å². The predicted octanol–water partition coefficient (Wildman–Crippen LogP) is 3.84. The minimum atomic E-state index is -4.89. The molecular weight excluding hydrogens is 708 g/mol. The molecule has 0 bridgehead atoms. The van der Waals surface area contributed by atoms with E-state index >= 15 is 9.18 Å². The van der Waals surface area contributed by atoms with Gasteiger partial charge in [0, 0.05) is 68.6 Å². The molecule has 0 aliphatic carbocycles. The first-order valence-corrected chi connectivity index (χ1v) is 19.0. The molecule has 1 N–H and O–H groups in total. The van der Waals surface area contributed by atoms with Gasteiger partial charge in [-0.25, -0.2) is 17.6 Å². The molecule has 2 saturated heterocycles. The average molecular weight is 751 g/mol. The van der Waals surface area contributed by atoms with E-state index in [9.17, 15) is 18.5 Å². The average Bonchev–Trinajstić information content (AvgIpc) is 3.41. The van der Waals surface area contributed by atoms with Crippen LogP contribution in [-0.2, 0) is 25.2 Å². The van der Waals surface area contributed by atoms with E-state index in [0.717, 1.165) is 57.7 Å². The third-order valence-electron chi connectivity index (χ3n) is 10.1. The Balaban J connectivity index is 1.40. The fourth-order valence-corrected chi connectivity index (χ4v) is 8.96. The Bertz CT molecular complexity index is 2010. The Morgan fingerprint density at radius 1 is 0.962 bits per heavy atom. The van der Waals surface area contributed by atoms with Gasteiger partial charge >= 0.3 is 6.09 Å². The number of para-hydroxylation sites is 1. The minimum absolute atomic E-state index is 0.0462. The maximum atomic E-state index is 15.5. The molecule has 53 heavy (non-hydrogen) atoms. The largest absolute Gasteiger partial charge is 0.497 e. The number of sulfonamides is 1. The van der Waals surface area contributed by atoms with E-state index in [0.29, 0.717) is 23.4 Å². The fraction of sp³-hybridized carbons (Fsp3) is 0.432. The summed E-state index contributed by atoms with van der Waals surface area (Å²) in [6.07, 6.45) is 0.440. The third kappa shape index (κ3) is 6.97. The summed E-state index contributed by atoms with van der Waals surface area (Å²) >= 11 is 0. The van der Waals surface area contributed by atoms with Crippen LogP contribution in [0, 0.1) is 17.1 Å². The van der Waals surface area contributed by atoms with Gasteiger partial charge in [-0.1, -0.05) is 25.1 Å². The molecule has 2 amide bonds. The lowest BCUT2D eigenvalue weighted by Crippen LogP contribution is -2.56. The monoisotopic (exact) mass is 750 g/mol. The van der Waals surface area contributed by atoms with E-state index in [1.54, 1.807) is 31.2 Å². The number of piperazine rings is 1. The van der Waals surface area contributed by atoms with Crippen LogP contribution in [0.25, 0.3) is 0 Å². The van der Waals surface area contributed by atoms with Crippen molar-refractivity contribution in [3.63, 3.8) is 0 Å². The number of anilines is 1. The summed E-state index contributed by atoms with van der Waals surface area (Å²) in [4.78, 5) is 39.4. The molecule has 3 aromatic rings. The Morgan fingerprint density at radius 2 is 1.68 bits per heavy atom. The van der Waals surface area contributed by atoms with Crippen LogP contribution in [0.4, 0.5) is 14.9 Å². The van der Waals surface area contributed by atoms with Crippen molar-refractivity contribution in [1.82, 2.24) is 20.2 Å². The number of hydroxylamine groups is 2. The molecule has 0 radical (unpaired) electrons. The molecule has 0 spiro atoms. The van der Waals surface area contributed by atoms with Crippen molar-refractivity contribution < 1.29 is 41.4 Å². The highest BCUT2D eigenvalue weighted by Gasteiger charge is 2.59.